The molecule has 2 heterocycles. The molecule has 1 N–H and O–H groups in total. The van der Waals surface area contributed by atoms with Gasteiger partial charge in [0.2, 0.25) is 5.91 Å². The van der Waals surface area contributed by atoms with E-state index in [0.717, 1.165) is 43.4 Å². The van der Waals surface area contributed by atoms with Crippen LogP contribution in [0.3, 0.4) is 0 Å². The lowest BCUT2D eigenvalue weighted by Crippen LogP contribution is -2.33. The number of hydrogen-bond acceptors (Lipinski definition) is 5. The zero-order valence-corrected chi connectivity index (χ0v) is 21.7. The molecule has 1 amide bonds. The van der Waals surface area contributed by atoms with Gasteiger partial charge in [-0.2, -0.15) is 13.2 Å². The summed E-state index contributed by atoms with van der Waals surface area (Å²) < 4.78 is 43.9. The first-order valence-corrected chi connectivity index (χ1v) is 13.2. The molecule has 1 aliphatic heterocycles. The Hall–Kier alpha value is -2.78. The minimum absolute atomic E-state index is 0.00553. The number of methoxy groups -OCH3 is 1. The molecule has 1 aliphatic carbocycles. The lowest BCUT2D eigenvalue weighted by Gasteiger charge is -2.36. The molecule has 0 bridgehead atoms. The number of aromatic nitrogens is 1. The molecule has 1 atom stereocenters. The van der Waals surface area contributed by atoms with Gasteiger partial charge in [-0.05, 0) is 74.1 Å². The summed E-state index contributed by atoms with van der Waals surface area (Å²) >= 11 is 0. The summed E-state index contributed by atoms with van der Waals surface area (Å²) in [6.07, 6.45) is 2.11. The zero-order chi connectivity index (χ0) is 27.3. The fourth-order valence-electron chi connectivity index (χ4n) is 5.71. The molecule has 1 aromatic heterocycles. The van der Waals surface area contributed by atoms with E-state index in [9.17, 15) is 27.9 Å². The Balaban J connectivity index is 1.21. The Morgan fingerprint density at radius 1 is 1.11 bits per heavy atom. The second kappa shape index (κ2) is 11.9. The average molecular weight is 533 g/mol. The highest BCUT2D eigenvalue weighted by molar-refractivity contribution is 5.98. The third-order valence-corrected chi connectivity index (χ3v) is 7.93. The van der Waals surface area contributed by atoms with Crippen molar-refractivity contribution in [3.05, 3.63) is 65.0 Å². The highest BCUT2D eigenvalue weighted by atomic mass is 19.4. The van der Waals surface area contributed by atoms with E-state index in [2.05, 4.69) is 4.98 Å². The van der Waals surface area contributed by atoms with E-state index >= 15 is 0 Å². The molecule has 6 nitrogen and oxygen atoms in total. The lowest BCUT2D eigenvalue weighted by atomic mass is 9.74. The van der Waals surface area contributed by atoms with E-state index in [0.29, 0.717) is 50.1 Å². The summed E-state index contributed by atoms with van der Waals surface area (Å²) in [6, 6.07) is 8.16. The number of ether oxygens (including phenoxy) is 1. The number of benzene rings is 1. The maximum Gasteiger partial charge on any atom is 0.416 e. The minimum Gasteiger partial charge on any atom is -0.384 e. The number of aliphatic hydroxyl groups is 1. The van der Waals surface area contributed by atoms with E-state index < -0.39 is 23.1 Å². The molecule has 4 rings (SSSR count). The number of Topliss-reactive ketones (excluding diaryl/α,β-unsaturated/α-hetero) is 1. The molecule has 2 aromatic rings. The van der Waals surface area contributed by atoms with Gasteiger partial charge in [-0.1, -0.05) is 18.2 Å². The van der Waals surface area contributed by atoms with Crippen molar-refractivity contribution in [3.8, 4) is 0 Å². The molecule has 1 aromatic carbocycles. The molecule has 9 heteroatoms. The van der Waals surface area contributed by atoms with Crippen LogP contribution in [-0.4, -0.2) is 46.9 Å². The van der Waals surface area contributed by atoms with Gasteiger partial charge in [0, 0.05) is 44.8 Å². The fraction of sp³-hybridized carbons (Fsp3) is 0.552. The van der Waals surface area contributed by atoms with Crippen LogP contribution in [0.1, 0.15) is 78.5 Å². The normalized spacial score (nSPS) is 24.0. The molecule has 2 fully saturated rings. The number of likely N-dealkylation sites (tertiary alicyclic amines) is 1. The van der Waals surface area contributed by atoms with Crippen LogP contribution in [-0.2, 0) is 27.9 Å². The van der Waals surface area contributed by atoms with Crippen molar-refractivity contribution < 1.29 is 32.6 Å². The summed E-state index contributed by atoms with van der Waals surface area (Å²) in [5, 5.41) is 11.2. The molecular weight excluding hydrogens is 497 g/mol. The van der Waals surface area contributed by atoms with E-state index in [-0.39, 0.29) is 24.3 Å². The smallest absolute Gasteiger partial charge is 0.384 e. The standard InChI is InChI=1S/C29H35F3N2O4/c1-38-19-22-5-7-26(33-17-22)28(37)12-9-20(10-13-28)15-21-11-14-34(18-21)27(36)8-6-25(35)23-3-2-4-24(16-23)29(30,31)32/h2-5,7,16-17,20-21,37H,6,8-15,18-19H2,1H3. The van der Waals surface area contributed by atoms with Crippen LogP contribution < -0.4 is 0 Å². The van der Waals surface area contributed by atoms with Crippen molar-refractivity contribution in [1.29, 1.82) is 0 Å². The maximum atomic E-state index is 12.9. The third-order valence-electron chi connectivity index (χ3n) is 7.93. The van der Waals surface area contributed by atoms with Crippen molar-refractivity contribution in [2.45, 2.75) is 69.8 Å². The highest BCUT2D eigenvalue weighted by Gasteiger charge is 2.37. The number of carbonyl (C=O) groups excluding carboxylic acids is 2. The van der Waals surface area contributed by atoms with Gasteiger partial charge in [0.05, 0.1) is 17.9 Å². The van der Waals surface area contributed by atoms with Crippen molar-refractivity contribution in [2.24, 2.45) is 11.8 Å². The number of halogens is 3. The van der Waals surface area contributed by atoms with Gasteiger partial charge in [0.25, 0.3) is 0 Å². The van der Waals surface area contributed by atoms with Crippen molar-refractivity contribution in [3.63, 3.8) is 0 Å². The number of hydrogen-bond donors (Lipinski definition) is 1. The zero-order valence-electron chi connectivity index (χ0n) is 21.7. The number of carbonyl (C=O) groups is 2. The summed E-state index contributed by atoms with van der Waals surface area (Å²) in [5.74, 6) is 0.262. The topological polar surface area (TPSA) is 79.7 Å². The Morgan fingerprint density at radius 3 is 2.53 bits per heavy atom. The lowest BCUT2D eigenvalue weighted by molar-refractivity contribution is -0.137. The predicted molar refractivity (Wildman–Crippen MR) is 135 cm³/mol. The van der Waals surface area contributed by atoms with Crippen molar-refractivity contribution in [2.75, 3.05) is 20.2 Å². The van der Waals surface area contributed by atoms with Gasteiger partial charge < -0.3 is 14.7 Å². The molecular formula is C29H35F3N2O4. The molecule has 0 radical (unpaired) electrons. The quantitative estimate of drug-likeness (QED) is 0.430. The molecule has 38 heavy (non-hydrogen) atoms. The van der Waals surface area contributed by atoms with Crippen LogP contribution in [0.15, 0.2) is 42.6 Å². The van der Waals surface area contributed by atoms with Crippen LogP contribution in [0.2, 0.25) is 0 Å². The molecule has 1 saturated heterocycles. The van der Waals surface area contributed by atoms with Gasteiger partial charge in [0.1, 0.15) is 5.60 Å². The first-order valence-electron chi connectivity index (χ1n) is 13.2. The number of nitrogens with zero attached hydrogens (tertiary/aromatic N) is 2. The van der Waals surface area contributed by atoms with Crippen LogP contribution in [0.25, 0.3) is 0 Å². The number of alkyl halides is 3. The van der Waals surface area contributed by atoms with E-state index in [1.54, 1.807) is 18.2 Å². The van der Waals surface area contributed by atoms with Crippen LogP contribution >= 0.6 is 0 Å². The first kappa shape index (κ1) is 28.2. The Kier molecular flexibility index (Phi) is 8.88. The summed E-state index contributed by atoms with van der Waals surface area (Å²) in [6.45, 7) is 1.76. The van der Waals surface area contributed by atoms with Crippen LogP contribution in [0, 0.1) is 11.8 Å². The molecule has 0 spiro atoms. The first-order chi connectivity index (χ1) is 18.1. The largest absolute Gasteiger partial charge is 0.416 e. The van der Waals surface area contributed by atoms with E-state index in [1.165, 1.54) is 12.1 Å². The van der Waals surface area contributed by atoms with Crippen LogP contribution in [0.5, 0.6) is 0 Å². The predicted octanol–water partition coefficient (Wildman–Crippen LogP) is 5.53. The molecule has 1 saturated carbocycles. The van der Waals surface area contributed by atoms with E-state index in [4.69, 9.17) is 4.74 Å². The molecule has 1 unspecified atom stereocenters. The van der Waals surface area contributed by atoms with Gasteiger partial charge in [-0.25, -0.2) is 0 Å². The summed E-state index contributed by atoms with van der Waals surface area (Å²) in [4.78, 5) is 31.3. The van der Waals surface area contributed by atoms with Crippen molar-refractivity contribution >= 4 is 11.7 Å². The average Bonchev–Trinajstić information content (AvgIpc) is 3.37. The Bertz CT molecular complexity index is 1110. The number of rotatable bonds is 9. The van der Waals surface area contributed by atoms with Gasteiger partial charge in [-0.15, -0.1) is 0 Å². The van der Waals surface area contributed by atoms with Crippen LogP contribution in [0.4, 0.5) is 13.2 Å². The van der Waals surface area contributed by atoms with Gasteiger partial charge in [-0.3, -0.25) is 14.6 Å². The SMILES string of the molecule is COCc1ccc(C2(O)CCC(CC3CCN(C(=O)CCC(=O)c4cccc(C(F)(F)F)c4)C3)CC2)nc1. The van der Waals surface area contributed by atoms with E-state index in [1.807, 2.05) is 12.1 Å². The van der Waals surface area contributed by atoms with Gasteiger partial charge in [0.15, 0.2) is 5.78 Å². The second-order valence-electron chi connectivity index (χ2n) is 10.7. The minimum atomic E-state index is -4.51. The highest BCUT2D eigenvalue weighted by Crippen LogP contribution is 2.41. The van der Waals surface area contributed by atoms with Crippen molar-refractivity contribution in [1.82, 2.24) is 9.88 Å². The number of pyridine rings is 1. The van der Waals surface area contributed by atoms with Gasteiger partial charge >= 0.3 is 6.18 Å². The maximum absolute atomic E-state index is 12.9. The summed E-state index contributed by atoms with van der Waals surface area (Å²) in [7, 11) is 1.63. The monoisotopic (exact) mass is 532 g/mol. The number of amides is 1. The Labute approximate surface area is 221 Å². The fourth-order valence-corrected chi connectivity index (χ4v) is 5.71. The number of ketones is 1. The molecule has 206 valence electrons. The summed E-state index contributed by atoms with van der Waals surface area (Å²) in [5.41, 5.74) is -0.131. The Morgan fingerprint density at radius 2 is 1.87 bits per heavy atom. The second-order valence-corrected chi connectivity index (χ2v) is 10.7. The third kappa shape index (κ3) is 6.99. The molecule has 2 aliphatic rings.